The van der Waals surface area contributed by atoms with Gasteiger partial charge in [0.25, 0.3) is 17.7 Å². The van der Waals surface area contributed by atoms with Crippen molar-refractivity contribution in [3.63, 3.8) is 0 Å². The van der Waals surface area contributed by atoms with Crippen molar-refractivity contribution in [2.45, 2.75) is 20.0 Å². The third-order valence-corrected chi connectivity index (χ3v) is 8.03. The van der Waals surface area contributed by atoms with Gasteiger partial charge in [-0.1, -0.05) is 0 Å². The van der Waals surface area contributed by atoms with E-state index in [1.807, 2.05) is 67.8 Å². The Morgan fingerprint density at radius 1 is 0.921 bits per heavy atom. The number of carbonyl (C=O) groups excluding carboxylic acids is 5. The number of carbonyl (C=O) groups is 5. The first-order chi connectivity index (χ1) is 17.8. The Hall–Kier alpha value is -1.36. The van der Waals surface area contributed by atoms with E-state index in [9.17, 15) is 39.3 Å². The predicted octanol–water partition coefficient (Wildman–Crippen LogP) is 0.107. The highest BCUT2D eigenvalue weighted by Gasteiger charge is 2.34. The lowest BCUT2D eigenvalue weighted by molar-refractivity contribution is -0.145. The van der Waals surface area contributed by atoms with E-state index < -0.39 is 55.6 Å². The number of rotatable bonds is 13. The van der Waals surface area contributed by atoms with E-state index in [0.29, 0.717) is 3.57 Å². The first kappa shape index (κ1) is 34.7. The van der Waals surface area contributed by atoms with Crippen molar-refractivity contribution in [3.8, 4) is 0 Å². The average Bonchev–Trinajstić information content (AvgIpc) is 2.85. The van der Waals surface area contributed by atoms with Gasteiger partial charge in [0.05, 0.1) is 49.8 Å². The molecule has 0 aliphatic carbocycles. The number of halogens is 3. The maximum atomic E-state index is 13.7. The smallest absolute Gasteiger partial charge is 0.303 e. The van der Waals surface area contributed by atoms with Crippen LogP contribution in [0.1, 0.15) is 34.6 Å². The first-order valence-corrected chi connectivity index (χ1v) is 14.2. The van der Waals surface area contributed by atoms with Gasteiger partial charge in [-0.25, -0.2) is 0 Å². The Labute approximate surface area is 260 Å². The van der Waals surface area contributed by atoms with Crippen molar-refractivity contribution in [1.82, 2.24) is 10.2 Å². The molecule has 38 heavy (non-hydrogen) atoms. The van der Waals surface area contributed by atoms with Crippen LogP contribution in [0, 0.1) is 10.7 Å². The zero-order valence-electron chi connectivity index (χ0n) is 20.8. The van der Waals surface area contributed by atoms with E-state index in [1.165, 1.54) is 14.0 Å². The molecular weight excluding hydrogens is 847 g/mol. The average molecular weight is 875 g/mol. The highest BCUT2D eigenvalue weighted by atomic mass is 127. The number of hydrogen-bond donors (Lipinski definition) is 4. The number of ether oxygens (including phenoxy) is 2. The summed E-state index contributed by atoms with van der Waals surface area (Å²) in [7, 11) is 1.40. The van der Waals surface area contributed by atoms with Crippen molar-refractivity contribution >= 4 is 103 Å². The van der Waals surface area contributed by atoms with Crippen LogP contribution in [0.25, 0.3) is 0 Å². The van der Waals surface area contributed by atoms with Gasteiger partial charge in [0, 0.05) is 37.6 Å². The minimum absolute atomic E-state index is 0.0107. The minimum Gasteiger partial charge on any atom is -0.464 e. The van der Waals surface area contributed by atoms with Gasteiger partial charge >= 0.3 is 11.9 Å². The Morgan fingerprint density at radius 3 is 2.00 bits per heavy atom. The molecular formula is C22H28I3N3O10. The molecule has 0 aliphatic heterocycles. The van der Waals surface area contributed by atoms with E-state index in [2.05, 4.69) is 5.32 Å². The van der Waals surface area contributed by atoms with Crippen molar-refractivity contribution in [3.05, 3.63) is 21.8 Å². The number of aliphatic hydroxyl groups excluding tert-OH is 3. The Kier molecular flexibility index (Phi) is 15.2. The fourth-order valence-electron chi connectivity index (χ4n) is 3.15. The number of nitrogens with one attached hydrogen (secondary N) is 1. The van der Waals surface area contributed by atoms with E-state index in [0.717, 1.165) is 16.7 Å². The molecule has 1 aromatic carbocycles. The lowest BCUT2D eigenvalue weighted by Crippen LogP contribution is -2.42. The molecule has 0 radical (unpaired) electrons. The molecule has 0 heterocycles. The largest absolute Gasteiger partial charge is 0.464 e. The number of benzene rings is 1. The summed E-state index contributed by atoms with van der Waals surface area (Å²) in [4.78, 5) is 64.8. The predicted molar refractivity (Wildman–Crippen MR) is 160 cm³/mol. The number of anilines is 1. The van der Waals surface area contributed by atoms with Gasteiger partial charge in [0.1, 0.15) is 6.61 Å². The molecule has 0 saturated carbocycles. The molecule has 0 saturated heterocycles. The highest BCUT2D eigenvalue weighted by molar-refractivity contribution is 14.1. The zero-order valence-corrected chi connectivity index (χ0v) is 27.2. The standard InChI is InChI=1S/C22H28I3N3O10/c1-11(31)37-7-5-28(14(34)10-38-12(2)32)20-18(24)15(21(35)26-3)17(23)16(19(20)25)22(36)27(4-6-29)8-13(33)9-30/h13,29-30,33H,4-10H2,1-3H3,(H,26,35). The zero-order chi connectivity index (χ0) is 29.2. The van der Waals surface area contributed by atoms with Crippen LogP contribution >= 0.6 is 67.8 Å². The third-order valence-electron chi connectivity index (χ3n) is 4.85. The molecule has 1 atom stereocenters. The topological polar surface area (TPSA) is 183 Å². The summed E-state index contributed by atoms with van der Waals surface area (Å²) in [6.45, 7) is -0.280. The quantitative estimate of drug-likeness (QED) is 0.157. The molecule has 0 fully saturated rings. The van der Waals surface area contributed by atoms with E-state index in [4.69, 9.17) is 9.47 Å². The molecule has 3 amide bonds. The van der Waals surface area contributed by atoms with Gasteiger partial charge in [-0.3, -0.25) is 24.0 Å². The van der Waals surface area contributed by atoms with Gasteiger partial charge in [-0.15, -0.1) is 0 Å². The lowest BCUT2D eigenvalue weighted by atomic mass is 10.1. The molecule has 0 aliphatic rings. The van der Waals surface area contributed by atoms with Gasteiger partial charge in [-0.05, 0) is 67.8 Å². The molecule has 1 unspecified atom stereocenters. The first-order valence-electron chi connectivity index (χ1n) is 11.0. The molecule has 13 nitrogen and oxygen atoms in total. The van der Waals surface area contributed by atoms with E-state index in [-0.39, 0.29) is 50.2 Å². The molecule has 1 rings (SSSR count). The van der Waals surface area contributed by atoms with Gasteiger partial charge in [0.15, 0.2) is 6.61 Å². The maximum Gasteiger partial charge on any atom is 0.303 e. The molecule has 4 N–H and O–H groups in total. The maximum absolute atomic E-state index is 13.7. The fraction of sp³-hybridized carbons (Fsp3) is 0.500. The summed E-state index contributed by atoms with van der Waals surface area (Å²) in [5.41, 5.74) is 0.234. The van der Waals surface area contributed by atoms with E-state index in [1.54, 1.807) is 0 Å². The SMILES string of the molecule is CNC(=O)c1c(I)c(C(=O)N(CCO)CC(O)CO)c(I)c(N(CCOC(C)=O)C(=O)COC(C)=O)c1I. The summed E-state index contributed by atoms with van der Waals surface area (Å²) in [6.07, 6.45) is -1.28. The van der Waals surface area contributed by atoms with Crippen LogP contribution in [0.15, 0.2) is 0 Å². The summed E-state index contributed by atoms with van der Waals surface area (Å²) in [5.74, 6) is -3.21. The summed E-state index contributed by atoms with van der Waals surface area (Å²) in [6, 6.07) is 0. The van der Waals surface area contributed by atoms with Crippen LogP contribution in [0.5, 0.6) is 0 Å². The van der Waals surface area contributed by atoms with Crippen molar-refractivity contribution in [2.75, 3.05) is 58.0 Å². The van der Waals surface area contributed by atoms with Crippen LogP contribution in [0.4, 0.5) is 5.69 Å². The molecule has 16 heteroatoms. The summed E-state index contributed by atoms with van der Waals surface area (Å²) < 4.78 is 10.7. The van der Waals surface area contributed by atoms with Crippen LogP contribution < -0.4 is 10.2 Å². The van der Waals surface area contributed by atoms with Crippen LogP contribution in [0.3, 0.4) is 0 Å². The molecule has 0 spiro atoms. The highest BCUT2D eigenvalue weighted by Crippen LogP contribution is 2.38. The molecule has 1 aromatic rings. The number of nitrogens with zero attached hydrogens (tertiary/aromatic N) is 2. The number of hydrogen-bond acceptors (Lipinski definition) is 10. The Balaban J connectivity index is 3.90. The molecule has 0 bridgehead atoms. The third kappa shape index (κ3) is 9.38. The molecule has 0 aromatic heterocycles. The van der Waals surface area contributed by atoms with Gasteiger partial charge < -0.3 is 39.9 Å². The normalized spacial score (nSPS) is 11.4. The minimum atomic E-state index is -1.28. The number of amides is 3. The second-order valence-electron chi connectivity index (χ2n) is 7.60. The Morgan fingerprint density at radius 2 is 1.50 bits per heavy atom. The monoisotopic (exact) mass is 875 g/mol. The van der Waals surface area contributed by atoms with Gasteiger partial charge in [0.2, 0.25) is 0 Å². The fourth-order valence-corrected chi connectivity index (χ4v) is 7.85. The number of esters is 2. The van der Waals surface area contributed by atoms with Crippen molar-refractivity contribution < 1.29 is 48.8 Å². The lowest BCUT2D eigenvalue weighted by Gasteiger charge is -2.30. The molecule has 212 valence electrons. The summed E-state index contributed by atoms with van der Waals surface area (Å²) in [5, 5.41) is 31.2. The van der Waals surface area contributed by atoms with Crippen LogP contribution in [0.2, 0.25) is 0 Å². The van der Waals surface area contributed by atoms with Crippen molar-refractivity contribution in [1.29, 1.82) is 0 Å². The van der Waals surface area contributed by atoms with Crippen molar-refractivity contribution in [2.24, 2.45) is 0 Å². The summed E-state index contributed by atoms with van der Waals surface area (Å²) >= 11 is 5.55. The Bertz CT molecular complexity index is 1070. The second-order valence-corrected chi connectivity index (χ2v) is 10.8. The number of aliphatic hydroxyl groups is 3. The van der Waals surface area contributed by atoms with E-state index >= 15 is 0 Å². The van der Waals surface area contributed by atoms with Gasteiger partial charge in [-0.2, -0.15) is 0 Å². The van der Waals surface area contributed by atoms with Crippen LogP contribution in [-0.4, -0.2) is 109 Å². The second kappa shape index (κ2) is 16.7. The van der Waals surface area contributed by atoms with Crippen LogP contribution in [-0.2, 0) is 23.9 Å².